The van der Waals surface area contributed by atoms with Crippen molar-refractivity contribution in [1.29, 1.82) is 0 Å². The molecule has 102 valence electrons. The molecule has 1 unspecified atom stereocenters. The van der Waals surface area contributed by atoms with Gasteiger partial charge in [-0.2, -0.15) is 0 Å². The molecule has 3 nitrogen and oxygen atoms in total. The van der Waals surface area contributed by atoms with Crippen LogP contribution in [0.15, 0.2) is 30.3 Å². The topological polar surface area (TPSA) is 27.7 Å². The molecule has 18 heavy (non-hydrogen) atoms. The van der Waals surface area contributed by atoms with Crippen LogP contribution in [0.5, 0.6) is 0 Å². The predicted octanol–water partition coefficient (Wildman–Crippen LogP) is 3.80. The summed E-state index contributed by atoms with van der Waals surface area (Å²) in [6, 6.07) is 11.0. The maximum Gasteiger partial charge on any atom is 0.501 e. The second-order valence-electron chi connectivity index (χ2n) is 4.07. The Morgan fingerprint density at radius 2 is 1.56 bits per heavy atom. The summed E-state index contributed by atoms with van der Waals surface area (Å²) in [4.78, 5) is 0. The highest BCUT2D eigenvalue weighted by Crippen LogP contribution is 2.25. The molecule has 4 heteroatoms. The minimum Gasteiger partial charge on any atom is -0.374 e. The fraction of sp³-hybridized carbons (Fsp3) is 0.571. The summed E-state index contributed by atoms with van der Waals surface area (Å²) in [5.41, 5.74) is 1.15. The first-order chi connectivity index (χ1) is 8.67. The van der Waals surface area contributed by atoms with Gasteiger partial charge in [-0.15, -0.1) is 0 Å². The Morgan fingerprint density at radius 3 is 2.00 bits per heavy atom. The van der Waals surface area contributed by atoms with E-state index in [1.54, 1.807) is 0 Å². The molecule has 0 saturated heterocycles. The molecular formula is C14H24O3Si. The Morgan fingerprint density at radius 1 is 1.00 bits per heavy atom. The normalized spacial score (nSPS) is 13.6. The molecule has 0 aromatic heterocycles. The van der Waals surface area contributed by atoms with Crippen LogP contribution >= 0.6 is 0 Å². The number of rotatable bonds is 8. The molecule has 0 aliphatic heterocycles. The molecule has 0 heterocycles. The molecule has 0 radical (unpaired) electrons. The van der Waals surface area contributed by atoms with Gasteiger partial charge in [0.25, 0.3) is 0 Å². The van der Waals surface area contributed by atoms with Crippen molar-refractivity contribution in [1.82, 2.24) is 0 Å². The third-order valence-corrected chi connectivity index (χ3v) is 5.82. The Bertz CT molecular complexity index is 323. The molecule has 0 aliphatic carbocycles. The molecular weight excluding hydrogens is 244 g/mol. The molecule has 0 spiro atoms. The van der Waals surface area contributed by atoms with Gasteiger partial charge in [0.15, 0.2) is 0 Å². The lowest BCUT2D eigenvalue weighted by Crippen LogP contribution is -2.45. The smallest absolute Gasteiger partial charge is 0.374 e. The molecule has 0 fully saturated rings. The average Bonchev–Trinajstić information content (AvgIpc) is 2.40. The van der Waals surface area contributed by atoms with Gasteiger partial charge in [-0.05, 0) is 26.3 Å². The summed E-state index contributed by atoms with van der Waals surface area (Å²) in [6.07, 6.45) is -0.00378. The third kappa shape index (κ3) is 4.21. The first-order valence-electron chi connectivity index (χ1n) is 6.68. The van der Waals surface area contributed by atoms with Crippen molar-refractivity contribution in [3.8, 4) is 0 Å². The fourth-order valence-corrected chi connectivity index (χ4v) is 4.25. The molecule has 1 aromatic carbocycles. The van der Waals surface area contributed by atoms with Crippen LogP contribution in [0, 0.1) is 0 Å². The standard InChI is InChI=1S/C14H24O3Si/c1-5-15-18(7-3,16-6-2)17-13(4)14-11-9-8-10-12-14/h8-13H,5-7H2,1-4H3. The predicted molar refractivity (Wildman–Crippen MR) is 75.4 cm³/mol. The van der Waals surface area contributed by atoms with E-state index in [-0.39, 0.29) is 6.10 Å². The van der Waals surface area contributed by atoms with E-state index in [1.165, 1.54) is 0 Å². The first kappa shape index (κ1) is 15.4. The van der Waals surface area contributed by atoms with Gasteiger partial charge in [0.2, 0.25) is 0 Å². The molecule has 1 atom stereocenters. The van der Waals surface area contributed by atoms with Crippen LogP contribution in [-0.4, -0.2) is 22.0 Å². The van der Waals surface area contributed by atoms with Crippen LogP contribution in [-0.2, 0) is 13.3 Å². The van der Waals surface area contributed by atoms with Gasteiger partial charge in [-0.1, -0.05) is 37.3 Å². The molecule has 1 aromatic rings. The molecule has 0 N–H and O–H groups in total. The van der Waals surface area contributed by atoms with Gasteiger partial charge in [0.1, 0.15) is 0 Å². The lowest BCUT2D eigenvalue weighted by atomic mass is 10.1. The lowest BCUT2D eigenvalue weighted by Gasteiger charge is -2.31. The van der Waals surface area contributed by atoms with E-state index in [9.17, 15) is 0 Å². The van der Waals surface area contributed by atoms with Crippen LogP contribution in [0.25, 0.3) is 0 Å². The van der Waals surface area contributed by atoms with Crippen molar-refractivity contribution in [3.63, 3.8) is 0 Å². The molecule has 1 rings (SSSR count). The van der Waals surface area contributed by atoms with Gasteiger partial charge in [-0.25, -0.2) is 0 Å². The number of hydrogen-bond donors (Lipinski definition) is 0. The number of hydrogen-bond acceptors (Lipinski definition) is 3. The van der Waals surface area contributed by atoms with E-state index in [2.05, 4.69) is 19.1 Å². The van der Waals surface area contributed by atoms with Crippen molar-refractivity contribution < 1.29 is 13.3 Å². The summed E-state index contributed by atoms with van der Waals surface area (Å²) in [5.74, 6) is 0. The van der Waals surface area contributed by atoms with Crippen LogP contribution in [0.1, 0.15) is 39.4 Å². The summed E-state index contributed by atoms with van der Waals surface area (Å²) < 4.78 is 17.8. The first-order valence-corrected chi connectivity index (χ1v) is 8.61. The van der Waals surface area contributed by atoms with E-state index in [0.29, 0.717) is 13.2 Å². The van der Waals surface area contributed by atoms with E-state index in [0.717, 1.165) is 11.6 Å². The van der Waals surface area contributed by atoms with Crippen molar-refractivity contribution in [2.75, 3.05) is 13.2 Å². The van der Waals surface area contributed by atoms with Gasteiger partial charge in [0, 0.05) is 19.3 Å². The Balaban J connectivity index is 2.76. The zero-order chi connectivity index (χ0) is 13.4. The van der Waals surface area contributed by atoms with Crippen molar-refractivity contribution in [3.05, 3.63) is 35.9 Å². The largest absolute Gasteiger partial charge is 0.501 e. The fourth-order valence-electron chi connectivity index (χ4n) is 1.90. The van der Waals surface area contributed by atoms with Crippen molar-refractivity contribution >= 4 is 8.80 Å². The lowest BCUT2D eigenvalue weighted by molar-refractivity contribution is 0.0389. The molecule has 0 aliphatic rings. The highest BCUT2D eigenvalue weighted by molar-refractivity contribution is 6.60. The average molecular weight is 268 g/mol. The van der Waals surface area contributed by atoms with E-state index in [1.807, 2.05) is 39.0 Å². The van der Waals surface area contributed by atoms with Crippen LogP contribution in [0.4, 0.5) is 0 Å². The quantitative estimate of drug-likeness (QED) is 0.671. The second kappa shape index (κ2) is 7.69. The third-order valence-electron chi connectivity index (χ3n) is 2.79. The Hall–Kier alpha value is -0.683. The minimum absolute atomic E-state index is 0.00378. The highest BCUT2D eigenvalue weighted by Gasteiger charge is 2.40. The summed E-state index contributed by atoms with van der Waals surface area (Å²) in [7, 11) is -2.52. The summed E-state index contributed by atoms with van der Waals surface area (Å²) >= 11 is 0. The van der Waals surface area contributed by atoms with E-state index in [4.69, 9.17) is 13.3 Å². The van der Waals surface area contributed by atoms with E-state index >= 15 is 0 Å². The highest BCUT2D eigenvalue weighted by atomic mass is 28.4. The molecule has 0 bridgehead atoms. The molecule has 0 amide bonds. The van der Waals surface area contributed by atoms with Gasteiger partial charge in [-0.3, -0.25) is 0 Å². The maximum atomic E-state index is 6.15. The Labute approximate surface area is 111 Å². The van der Waals surface area contributed by atoms with Crippen molar-refractivity contribution in [2.24, 2.45) is 0 Å². The van der Waals surface area contributed by atoms with E-state index < -0.39 is 8.80 Å². The second-order valence-corrected chi connectivity index (χ2v) is 6.96. The Kier molecular flexibility index (Phi) is 6.57. The van der Waals surface area contributed by atoms with Crippen LogP contribution < -0.4 is 0 Å². The minimum atomic E-state index is -2.52. The molecule has 0 saturated carbocycles. The number of benzene rings is 1. The zero-order valence-corrected chi connectivity index (χ0v) is 12.8. The summed E-state index contributed by atoms with van der Waals surface area (Å²) in [6.45, 7) is 9.32. The zero-order valence-electron chi connectivity index (χ0n) is 11.8. The van der Waals surface area contributed by atoms with Crippen molar-refractivity contribution in [2.45, 2.75) is 39.8 Å². The monoisotopic (exact) mass is 268 g/mol. The summed E-state index contributed by atoms with van der Waals surface area (Å²) in [5, 5.41) is 0. The van der Waals surface area contributed by atoms with Crippen LogP contribution in [0.3, 0.4) is 0 Å². The maximum absolute atomic E-state index is 6.15. The van der Waals surface area contributed by atoms with Gasteiger partial charge >= 0.3 is 8.80 Å². The van der Waals surface area contributed by atoms with Gasteiger partial charge in [0.05, 0.1) is 6.10 Å². The van der Waals surface area contributed by atoms with Gasteiger partial charge < -0.3 is 13.3 Å². The SMILES string of the molecule is CCO[Si](CC)(OCC)OC(C)c1ccccc1. The van der Waals surface area contributed by atoms with Crippen LogP contribution in [0.2, 0.25) is 6.04 Å².